The van der Waals surface area contributed by atoms with E-state index in [0.29, 0.717) is 36.2 Å². The van der Waals surface area contributed by atoms with Crippen LogP contribution in [0.3, 0.4) is 0 Å². The Bertz CT molecular complexity index is 839. The van der Waals surface area contributed by atoms with Gasteiger partial charge in [0.25, 0.3) is 0 Å². The summed E-state index contributed by atoms with van der Waals surface area (Å²) in [6.45, 7) is 4.13. The van der Waals surface area contributed by atoms with Crippen molar-refractivity contribution in [3.63, 3.8) is 0 Å². The van der Waals surface area contributed by atoms with Crippen LogP contribution in [0.15, 0.2) is 29.3 Å². The van der Waals surface area contributed by atoms with Gasteiger partial charge in [-0.3, -0.25) is 9.59 Å². The summed E-state index contributed by atoms with van der Waals surface area (Å²) in [5.74, 6) is 3.43. The summed E-state index contributed by atoms with van der Waals surface area (Å²) in [7, 11) is 0. The lowest BCUT2D eigenvalue weighted by molar-refractivity contribution is -0.135. The van der Waals surface area contributed by atoms with E-state index in [2.05, 4.69) is 26.9 Å². The summed E-state index contributed by atoms with van der Waals surface area (Å²) in [6, 6.07) is 7.30. The number of likely N-dealkylation sites (tertiary alicyclic amines) is 1. The van der Waals surface area contributed by atoms with Crippen molar-refractivity contribution < 1.29 is 9.59 Å². The molecule has 1 atom stereocenters. The number of anilines is 1. The predicted octanol–water partition coefficient (Wildman–Crippen LogP) is 2.34. The zero-order valence-corrected chi connectivity index (χ0v) is 18.3. The molecule has 0 spiro atoms. The average molecular weight is 424 g/mol. The van der Waals surface area contributed by atoms with Crippen LogP contribution >= 0.6 is 0 Å². The first-order valence-electron chi connectivity index (χ1n) is 11.3. The van der Waals surface area contributed by atoms with E-state index < -0.39 is 0 Å². The highest BCUT2D eigenvalue weighted by atomic mass is 16.2. The van der Waals surface area contributed by atoms with Crippen LogP contribution in [0, 0.1) is 18.3 Å². The fourth-order valence-electron chi connectivity index (χ4n) is 4.24. The number of nitrogens with one attached hydrogen (secondary N) is 3. The molecule has 1 saturated heterocycles. The van der Waals surface area contributed by atoms with Gasteiger partial charge in [0.2, 0.25) is 11.8 Å². The van der Waals surface area contributed by atoms with Gasteiger partial charge in [-0.1, -0.05) is 31.2 Å². The molecule has 3 rings (SSSR count). The maximum Gasteiger partial charge on any atom is 0.246 e. The van der Waals surface area contributed by atoms with E-state index in [4.69, 9.17) is 6.42 Å². The van der Waals surface area contributed by atoms with Crippen LogP contribution in [-0.4, -0.2) is 54.9 Å². The van der Waals surface area contributed by atoms with Crippen LogP contribution in [0.25, 0.3) is 0 Å². The molecule has 3 N–H and O–H groups in total. The molecule has 1 aromatic rings. The van der Waals surface area contributed by atoms with Crippen molar-refractivity contribution in [3.05, 3.63) is 29.8 Å². The van der Waals surface area contributed by atoms with E-state index in [0.717, 1.165) is 38.6 Å². The topological polar surface area (TPSA) is 85.8 Å². The zero-order valence-electron chi connectivity index (χ0n) is 18.3. The molecular formula is C24H33N5O2. The van der Waals surface area contributed by atoms with Crippen molar-refractivity contribution >= 4 is 23.5 Å². The summed E-state index contributed by atoms with van der Waals surface area (Å²) < 4.78 is 0. The molecule has 1 aliphatic heterocycles. The number of amides is 2. The Hall–Kier alpha value is -3.01. The van der Waals surface area contributed by atoms with Crippen LogP contribution in [0.1, 0.15) is 51.0 Å². The van der Waals surface area contributed by atoms with E-state index in [9.17, 15) is 9.59 Å². The number of benzene rings is 1. The number of hydrogen-bond donors (Lipinski definition) is 3. The number of aliphatic imine (C=N–C) groups is 1. The summed E-state index contributed by atoms with van der Waals surface area (Å²) >= 11 is 0. The Balaban J connectivity index is 1.50. The molecule has 2 fully saturated rings. The number of carbonyl (C=O) groups excluding carboxylic acids is 2. The molecule has 1 saturated carbocycles. The van der Waals surface area contributed by atoms with Gasteiger partial charge < -0.3 is 20.9 Å². The first-order chi connectivity index (χ1) is 15.1. The first-order valence-corrected chi connectivity index (χ1v) is 11.3. The van der Waals surface area contributed by atoms with Crippen molar-refractivity contribution in [2.24, 2.45) is 10.9 Å². The van der Waals surface area contributed by atoms with E-state index in [1.165, 1.54) is 6.42 Å². The van der Waals surface area contributed by atoms with Gasteiger partial charge in [0.15, 0.2) is 5.96 Å². The van der Waals surface area contributed by atoms with Crippen molar-refractivity contribution in [1.82, 2.24) is 15.5 Å². The van der Waals surface area contributed by atoms with Crippen molar-refractivity contribution in [2.45, 2.75) is 51.5 Å². The molecule has 1 heterocycles. The molecule has 166 valence electrons. The van der Waals surface area contributed by atoms with Gasteiger partial charge in [-0.2, -0.15) is 0 Å². The number of terminal acetylenes is 1. The fraction of sp³-hybridized carbons (Fsp3) is 0.542. The molecule has 1 aromatic carbocycles. The van der Waals surface area contributed by atoms with Crippen molar-refractivity contribution in [3.8, 4) is 12.3 Å². The van der Waals surface area contributed by atoms with Crippen LogP contribution in [-0.2, 0) is 9.59 Å². The molecule has 7 heteroatoms. The second kappa shape index (κ2) is 11.4. The van der Waals surface area contributed by atoms with Crippen molar-refractivity contribution in [1.29, 1.82) is 0 Å². The van der Waals surface area contributed by atoms with Gasteiger partial charge in [-0.15, -0.1) is 6.42 Å². The Morgan fingerprint density at radius 3 is 2.77 bits per heavy atom. The van der Waals surface area contributed by atoms with E-state index in [1.807, 2.05) is 17.9 Å². The second-order valence-corrected chi connectivity index (χ2v) is 8.22. The lowest BCUT2D eigenvalue weighted by Crippen LogP contribution is -2.46. The minimum absolute atomic E-state index is 0.00689. The van der Waals surface area contributed by atoms with Gasteiger partial charge in [0.1, 0.15) is 6.54 Å². The molecule has 2 amide bonds. The Morgan fingerprint density at radius 2 is 2.03 bits per heavy atom. The van der Waals surface area contributed by atoms with Crippen LogP contribution in [0.5, 0.6) is 0 Å². The minimum Gasteiger partial charge on any atom is -0.357 e. The third-order valence-electron chi connectivity index (χ3n) is 5.83. The second-order valence-electron chi connectivity index (χ2n) is 8.22. The summed E-state index contributed by atoms with van der Waals surface area (Å²) in [6.07, 6.45) is 11.9. The summed E-state index contributed by atoms with van der Waals surface area (Å²) in [4.78, 5) is 31.5. The molecule has 0 radical (unpaired) electrons. The molecule has 0 aromatic heterocycles. The monoisotopic (exact) mass is 423 g/mol. The maximum atomic E-state index is 12.8. The molecule has 31 heavy (non-hydrogen) atoms. The van der Waals surface area contributed by atoms with E-state index >= 15 is 0 Å². The lowest BCUT2D eigenvalue weighted by Gasteiger charge is -2.26. The smallest absolute Gasteiger partial charge is 0.246 e. The zero-order chi connectivity index (χ0) is 22.1. The van der Waals surface area contributed by atoms with Crippen LogP contribution < -0.4 is 16.0 Å². The first kappa shape index (κ1) is 22.7. The number of guanidine groups is 1. The number of nitrogens with zero attached hydrogens (tertiary/aromatic N) is 2. The summed E-state index contributed by atoms with van der Waals surface area (Å²) in [5.41, 5.74) is 1.37. The molecule has 0 bridgehead atoms. The Labute approximate surface area is 185 Å². The average Bonchev–Trinajstić information content (AvgIpc) is 3.26. The molecule has 1 unspecified atom stereocenters. The molecule has 7 nitrogen and oxygen atoms in total. The molecular weight excluding hydrogens is 390 g/mol. The number of rotatable bonds is 6. The highest BCUT2D eigenvalue weighted by Crippen LogP contribution is 2.26. The fourth-order valence-corrected chi connectivity index (χ4v) is 4.24. The SMILES string of the molecule is C#Cc1cccc(NC(=O)CN=C(NCC)NC2CCN(C(=O)C3CCCCC3)C2)c1. The van der Waals surface area contributed by atoms with Gasteiger partial charge in [0, 0.05) is 42.8 Å². The summed E-state index contributed by atoms with van der Waals surface area (Å²) in [5, 5.41) is 9.38. The standard InChI is InChI=1S/C24H33N5O2/c1-3-18-9-8-12-20(15-18)27-22(30)16-26-24(25-4-2)28-21-13-14-29(17-21)23(31)19-10-6-5-7-11-19/h1,8-9,12,15,19,21H,4-7,10-11,13-14,16-17H2,2H3,(H,27,30)(H2,25,26,28). The normalized spacial score (nSPS) is 19.5. The van der Waals surface area contributed by atoms with E-state index in [1.54, 1.807) is 18.2 Å². The highest BCUT2D eigenvalue weighted by Gasteiger charge is 2.31. The van der Waals surface area contributed by atoms with Gasteiger partial charge >= 0.3 is 0 Å². The number of hydrogen-bond acceptors (Lipinski definition) is 3. The van der Waals surface area contributed by atoms with Crippen LogP contribution in [0.4, 0.5) is 5.69 Å². The highest BCUT2D eigenvalue weighted by molar-refractivity contribution is 5.94. The predicted molar refractivity (Wildman–Crippen MR) is 124 cm³/mol. The quantitative estimate of drug-likeness (QED) is 0.372. The lowest BCUT2D eigenvalue weighted by atomic mass is 9.88. The Kier molecular flexibility index (Phi) is 8.34. The van der Waals surface area contributed by atoms with Gasteiger partial charge in [-0.25, -0.2) is 4.99 Å². The van der Waals surface area contributed by atoms with E-state index in [-0.39, 0.29) is 24.4 Å². The third kappa shape index (κ3) is 6.74. The van der Waals surface area contributed by atoms with Gasteiger partial charge in [-0.05, 0) is 44.4 Å². The van der Waals surface area contributed by atoms with Crippen molar-refractivity contribution in [2.75, 3.05) is 31.5 Å². The molecule has 2 aliphatic rings. The largest absolute Gasteiger partial charge is 0.357 e. The Morgan fingerprint density at radius 1 is 1.23 bits per heavy atom. The minimum atomic E-state index is -0.216. The third-order valence-corrected chi connectivity index (χ3v) is 5.83. The van der Waals surface area contributed by atoms with Gasteiger partial charge in [0.05, 0.1) is 0 Å². The number of carbonyl (C=O) groups is 2. The molecule has 1 aliphatic carbocycles. The maximum absolute atomic E-state index is 12.8. The van der Waals surface area contributed by atoms with Crippen LogP contribution in [0.2, 0.25) is 0 Å².